The van der Waals surface area contributed by atoms with Crippen LogP contribution in [0.4, 0.5) is 0 Å². The first-order valence-corrected chi connectivity index (χ1v) is 9.55. The summed E-state index contributed by atoms with van der Waals surface area (Å²) in [5, 5.41) is 0. The van der Waals surface area contributed by atoms with Gasteiger partial charge in [-0.3, -0.25) is 9.59 Å². The van der Waals surface area contributed by atoms with Crippen LogP contribution in [0.15, 0.2) is 12.2 Å². The normalized spacial score (nSPS) is 11.0. The Morgan fingerprint density at radius 2 is 1.39 bits per heavy atom. The molecule has 0 bridgehead atoms. The number of unbranched alkanes of at least 4 members (excludes halogenated alkanes) is 9. The van der Waals surface area contributed by atoms with Crippen molar-refractivity contribution in [1.29, 1.82) is 0 Å². The zero-order valence-electron chi connectivity index (χ0n) is 15.3. The summed E-state index contributed by atoms with van der Waals surface area (Å²) in [6.07, 6.45) is 17.4. The first-order chi connectivity index (χ1) is 11.2. The Kier molecular flexibility index (Phi) is 16.4. The van der Waals surface area contributed by atoms with Crippen molar-refractivity contribution < 1.29 is 14.3 Å². The zero-order valence-corrected chi connectivity index (χ0v) is 15.3. The molecule has 0 aliphatic heterocycles. The van der Waals surface area contributed by atoms with Crippen LogP contribution in [0.1, 0.15) is 97.3 Å². The van der Waals surface area contributed by atoms with Crippen LogP contribution in [0.5, 0.6) is 0 Å². The molecule has 0 saturated carbocycles. The van der Waals surface area contributed by atoms with Gasteiger partial charge in [0.25, 0.3) is 0 Å². The van der Waals surface area contributed by atoms with Gasteiger partial charge in [0, 0.05) is 12.8 Å². The lowest BCUT2D eigenvalue weighted by Crippen LogP contribution is -2.03. The Morgan fingerprint density at radius 3 is 2.04 bits per heavy atom. The number of esters is 1. The molecule has 3 heteroatoms. The average Bonchev–Trinajstić information content (AvgIpc) is 2.53. The smallest absolute Gasteiger partial charge is 0.305 e. The molecule has 0 saturated heterocycles. The third kappa shape index (κ3) is 17.1. The van der Waals surface area contributed by atoms with Gasteiger partial charge in [0.15, 0.2) is 5.78 Å². The van der Waals surface area contributed by atoms with Crippen molar-refractivity contribution in [2.24, 2.45) is 0 Å². The molecule has 0 radical (unpaired) electrons. The molecule has 0 aromatic heterocycles. The zero-order chi connectivity index (χ0) is 17.2. The van der Waals surface area contributed by atoms with Crippen molar-refractivity contribution in [1.82, 2.24) is 0 Å². The van der Waals surface area contributed by atoms with Gasteiger partial charge in [-0.15, -0.1) is 0 Å². The van der Waals surface area contributed by atoms with E-state index in [9.17, 15) is 9.59 Å². The topological polar surface area (TPSA) is 43.4 Å². The highest BCUT2D eigenvalue weighted by Gasteiger charge is 2.01. The number of hydrogen-bond acceptors (Lipinski definition) is 3. The van der Waals surface area contributed by atoms with E-state index in [0.717, 1.165) is 44.9 Å². The molecule has 0 heterocycles. The highest BCUT2D eigenvalue weighted by molar-refractivity contribution is 5.89. The fraction of sp³-hybridized carbons (Fsp3) is 0.800. The molecule has 0 amide bonds. The van der Waals surface area contributed by atoms with E-state index in [-0.39, 0.29) is 11.8 Å². The van der Waals surface area contributed by atoms with Gasteiger partial charge in [0.2, 0.25) is 0 Å². The van der Waals surface area contributed by atoms with Crippen molar-refractivity contribution in [2.45, 2.75) is 97.3 Å². The van der Waals surface area contributed by atoms with Gasteiger partial charge >= 0.3 is 5.97 Å². The number of carbonyl (C=O) groups is 2. The molecule has 0 N–H and O–H groups in total. The quantitative estimate of drug-likeness (QED) is 0.206. The summed E-state index contributed by atoms with van der Waals surface area (Å²) >= 11 is 0. The summed E-state index contributed by atoms with van der Waals surface area (Å²) in [6.45, 7) is 4.51. The van der Waals surface area contributed by atoms with E-state index >= 15 is 0 Å². The van der Waals surface area contributed by atoms with Crippen LogP contribution in [-0.4, -0.2) is 18.4 Å². The second-order valence-electron chi connectivity index (χ2n) is 6.14. The van der Waals surface area contributed by atoms with Crippen molar-refractivity contribution >= 4 is 11.8 Å². The Bertz CT molecular complexity index is 321. The van der Waals surface area contributed by atoms with Crippen LogP contribution in [0, 0.1) is 0 Å². The lowest BCUT2D eigenvalue weighted by atomic mass is 10.1. The van der Waals surface area contributed by atoms with Gasteiger partial charge in [0.05, 0.1) is 6.61 Å². The monoisotopic (exact) mass is 324 g/mol. The fourth-order valence-electron chi connectivity index (χ4n) is 2.50. The molecule has 0 spiro atoms. The second kappa shape index (κ2) is 17.2. The fourth-order valence-corrected chi connectivity index (χ4v) is 2.50. The predicted molar refractivity (Wildman–Crippen MR) is 96.5 cm³/mol. The van der Waals surface area contributed by atoms with Crippen LogP contribution in [0.25, 0.3) is 0 Å². The number of ether oxygens (including phenoxy) is 1. The molecule has 0 atom stereocenters. The van der Waals surface area contributed by atoms with E-state index in [1.54, 1.807) is 6.08 Å². The maximum Gasteiger partial charge on any atom is 0.305 e. The van der Waals surface area contributed by atoms with Gasteiger partial charge in [0.1, 0.15) is 0 Å². The summed E-state index contributed by atoms with van der Waals surface area (Å²) in [7, 11) is 0. The van der Waals surface area contributed by atoms with E-state index in [2.05, 4.69) is 6.92 Å². The summed E-state index contributed by atoms with van der Waals surface area (Å²) in [5.74, 6) is 0.183. The Labute approximate surface area is 142 Å². The molecule has 0 fully saturated rings. The van der Waals surface area contributed by atoms with Gasteiger partial charge in [-0.2, -0.15) is 0 Å². The van der Waals surface area contributed by atoms with Crippen molar-refractivity contribution in [3.63, 3.8) is 0 Å². The average molecular weight is 325 g/mol. The standard InChI is InChI=1S/C20H36O3/c1-3-5-6-7-10-13-16-19(21)17-14-11-8-9-12-15-18-20(22)23-4-2/h13,16H,3-12,14-15,17-18H2,1-2H3. The molecule has 0 aromatic carbocycles. The molecular formula is C20H36O3. The third-order valence-corrected chi connectivity index (χ3v) is 3.89. The highest BCUT2D eigenvalue weighted by Crippen LogP contribution is 2.10. The number of allylic oxidation sites excluding steroid dienone is 2. The molecule has 23 heavy (non-hydrogen) atoms. The number of hydrogen-bond donors (Lipinski definition) is 0. The van der Waals surface area contributed by atoms with Crippen LogP contribution in [-0.2, 0) is 14.3 Å². The lowest BCUT2D eigenvalue weighted by Gasteiger charge is -2.02. The second-order valence-corrected chi connectivity index (χ2v) is 6.14. The minimum atomic E-state index is -0.0837. The Balaban J connectivity index is 3.32. The van der Waals surface area contributed by atoms with Gasteiger partial charge in [-0.1, -0.05) is 57.9 Å². The largest absolute Gasteiger partial charge is 0.466 e. The van der Waals surface area contributed by atoms with Gasteiger partial charge in [-0.05, 0) is 38.7 Å². The lowest BCUT2D eigenvalue weighted by molar-refractivity contribution is -0.143. The predicted octanol–water partition coefficient (Wildman–Crippen LogP) is 5.77. The minimum Gasteiger partial charge on any atom is -0.466 e. The Hall–Kier alpha value is -1.12. The molecule has 0 unspecified atom stereocenters. The van der Waals surface area contributed by atoms with E-state index in [4.69, 9.17) is 4.74 Å². The van der Waals surface area contributed by atoms with Gasteiger partial charge < -0.3 is 4.74 Å². The van der Waals surface area contributed by atoms with Gasteiger partial charge in [-0.25, -0.2) is 0 Å². The highest BCUT2D eigenvalue weighted by atomic mass is 16.5. The van der Waals surface area contributed by atoms with Crippen molar-refractivity contribution in [3.8, 4) is 0 Å². The maximum absolute atomic E-state index is 11.7. The third-order valence-electron chi connectivity index (χ3n) is 3.89. The SMILES string of the molecule is CCCCCCC=CC(=O)CCCCCCCCC(=O)OCC. The molecule has 3 nitrogen and oxygen atoms in total. The molecule has 0 aliphatic rings. The van der Waals surface area contributed by atoms with Crippen LogP contribution < -0.4 is 0 Å². The first kappa shape index (κ1) is 21.9. The maximum atomic E-state index is 11.7. The number of carbonyl (C=O) groups excluding carboxylic acids is 2. The molecule has 134 valence electrons. The van der Waals surface area contributed by atoms with E-state index < -0.39 is 0 Å². The van der Waals surface area contributed by atoms with Crippen LogP contribution in [0.2, 0.25) is 0 Å². The molecule has 0 aliphatic carbocycles. The minimum absolute atomic E-state index is 0.0837. The number of ketones is 1. The van der Waals surface area contributed by atoms with E-state index in [1.165, 1.54) is 25.7 Å². The summed E-state index contributed by atoms with van der Waals surface area (Å²) in [5.41, 5.74) is 0. The van der Waals surface area contributed by atoms with Crippen LogP contribution >= 0.6 is 0 Å². The summed E-state index contributed by atoms with van der Waals surface area (Å²) in [6, 6.07) is 0. The van der Waals surface area contributed by atoms with Crippen molar-refractivity contribution in [2.75, 3.05) is 6.61 Å². The summed E-state index contributed by atoms with van der Waals surface area (Å²) < 4.78 is 4.89. The molecule has 0 rings (SSSR count). The number of rotatable bonds is 16. The van der Waals surface area contributed by atoms with Crippen LogP contribution in [0.3, 0.4) is 0 Å². The molecular weight excluding hydrogens is 288 g/mol. The molecule has 0 aromatic rings. The first-order valence-electron chi connectivity index (χ1n) is 9.55. The van der Waals surface area contributed by atoms with E-state index in [1.807, 2.05) is 13.0 Å². The summed E-state index contributed by atoms with van der Waals surface area (Å²) in [4.78, 5) is 22.8. The van der Waals surface area contributed by atoms with E-state index in [0.29, 0.717) is 19.4 Å². The Morgan fingerprint density at radius 1 is 0.783 bits per heavy atom. The van der Waals surface area contributed by atoms with Crippen molar-refractivity contribution in [3.05, 3.63) is 12.2 Å².